The highest BCUT2D eigenvalue weighted by atomic mass is 16.3. The fraction of sp³-hybridized carbons (Fsp3) is 0.538. The summed E-state index contributed by atoms with van der Waals surface area (Å²) < 4.78 is 0. The van der Waals surface area contributed by atoms with Crippen molar-refractivity contribution in [3.8, 4) is 0 Å². The largest absolute Gasteiger partial charge is 0.394 e. The van der Waals surface area contributed by atoms with Gasteiger partial charge in [0, 0.05) is 18.3 Å². The van der Waals surface area contributed by atoms with Crippen LogP contribution in [0.15, 0.2) is 24.4 Å². The molecule has 1 aromatic rings. The lowest BCUT2D eigenvalue weighted by Crippen LogP contribution is -2.48. The van der Waals surface area contributed by atoms with E-state index in [4.69, 9.17) is 0 Å². The summed E-state index contributed by atoms with van der Waals surface area (Å²) in [6, 6.07) is 5.66. The summed E-state index contributed by atoms with van der Waals surface area (Å²) in [6.45, 7) is 3.74. The lowest BCUT2D eigenvalue weighted by molar-refractivity contribution is -0.123. The SMILES string of the molecule is CCC(C)(CO)NC(=O)CCc1ccccn1. The van der Waals surface area contributed by atoms with Crippen LogP contribution >= 0.6 is 0 Å². The first-order chi connectivity index (χ1) is 8.09. The molecule has 1 atom stereocenters. The Morgan fingerprint density at radius 1 is 1.53 bits per heavy atom. The minimum Gasteiger partial charge on any atom is -0.394 e. The summed E-state index contributed by atoms with van der Waals surface area (Å²) in [4.78, 5) is 15.9. The van der Waals surface area contributed by atoms with E-state index in [9.17, 15) is 9.90 Å². The normalized spacial score (nSPS) is 14.1. The van der Waals surface area contributed by atoms with Gasteiger partial charge in [-0.2, -0.15) is 0 Å². The predicted octanol–water partition coefficient (Wildman–Crippen LogP) is 1.29. The molecule has 0 saturated heterocycles. The Bertz CT molecular complexity index is 348. The van der Waals surface area contributed by atoms with Crippen molar-refractivity contribution in [2.75, 3.05) is 6.61 Å². The number of pyridine rings is 1. The third-order valence-corrected chi connectivity index (χ3v) is 2.90. The first kappa shape index (κ1) is 13.6. The number of nitrogens with one attached hydrogen (secondary N) is 1. The molecule has 0 aromatic carbocycles. The number of carbonyl (C=O) groups is 1. The van der Waals surface area contributed by atoms with E-state index in [1.807, 2.05) is 32.0 Å². The van der Waals surface area contributed by atoms with Crippen LogP contribution < -0.4 is 5.32 Å². The molecule has 17 heavy (non-hydrogen) atoms. The van der Waals surface area contributed by atoms with Crippen molar-refractivity contribution in [3.05, 3.63) is 30.1 Å². The first-order valence-corrected chi connectivity index (χ1v) is 5.91. The second kappa shape index (κ2) is 6.35. The summed E-state index contributed by atoms with van der Waals surface area (Å²) in [5.74, 6) is -0.0472. The maximum absolute atomic E-state index is 11.7. The van der Waals surface area contributed by atoms with E-state index in [0.717, 1.165) is 5.69 Å². The molecule has 0 spiro atoms. The van der Waals surface area contributed by atoms with Gasteiger partial charge in [-0.15, -0.1) is 0 Å². The lowest BCUT2D eigenvalue weighted by atomic mass is 10.00. The number of nitrogens with zero attached hydrogens (tertiary/aromatic N) is 1. The predicted molar refractivity (Wildman–Crippen MR) is 66.5 cm³/mol. The Hall–Kier alpha value is -1.42. The molecule has 0 fully saturated rings. The third kappa shape index (κ3) is 4.53. The third-order valence-electron chi connectivity index (χ3n) is 2.90. The van der Waals surface area contributed by atoms with Crippen LogP contribution in [0.25, 0.3) is 0 Å². The summed E-state index contributed by atoms with van der Waals surface area (Å²) >= 11 is 0. The van der Waals surface area contributed by atoms with Crippen molar-refractivity contribution >= 4 is 5.91 Å². The van der Waals surface area contributed by atoms with Gasteiger partial charge < -0.3 is 10.4 Å². The van der Waals surface area contributed by atoms with Crippen LogP contribution in [0.1, 0.15) is 32.4 Å². The number of carbonyl (C=O) groups excluding carboxylic acids is 1. The number of aliphatic hydroxyl groups is 1. The molecule has 94 valence electrons. The van der Waals surface area contributed by atoms with Crippen LogP contribution in [-0.2, 0) is 11.2 Å². The highest BCUT2D eigenvalue weighted by molar-refractivity contribution is 5.76. The average molecular weight is 236 g/mol. The topological polar surface area (TPSA) is 62.2 Å². The quantitative estimate of drug-likeness (QED) is 0.782. The maximum Gasteiger partial charge on any atom is 0.220 e. The minimum atomic E-state index is -0.513. The smallest absolute Gasteiger partial charge is 0.220 e. The molecule has 1 heterocycles. The van der Waals surface area contributed by atoms with Crippen molar-refractivity contribution in [1.82, 2.24) is 10.3 Å². The van der Waals surface area contributed by atoms with Crippen molar-refractivity contribution in [2.45, 2.75) is 38.6 Å². The van der Waals surface area contributed by atoms with Crippen LogP contribution in [0.4, 0.5) is 0 Å². The van der Waals surface area contributed by atoms with Crippen molar-refractivity contribution in [1.29, 1.82) is 0 Å². The Morgan fingerprint density at radius 3 is 2.82 bits per heavy atom. The van der Waals surface area contributed by atoms with E-state index in [2.05, 4.69) is 10.3 Å². The molecule has 0 bridgehead atoms. The van der Waals surface area contributed by atoms with Crippen molar-refractivity contribution < 1.29 is 9.90 Å². The van der Waals surface area contributed by atoms with Gasteiger partial charge in [0.05, 0.1) is 12.1 Å². The minimum absolute atomic E-state index is 0.0428. The molecule has 0 radical (unpaired) electrons. The molecule has 1 unspecified atom stereocenters. The van der Waals surface area contributed by atoms with Gasteiger partial charge in [-0.1, -0.05) is 13.0 Å². The van der Waals surface area contributed by atoms with Gasteiger partial charge in [-0.05, 0) is 31.9 Å². The average Bonchev–Trinajstić information content (AvgIpc) is 2.37. The van der Waals surface area contributed by atoms with Gasteiger partial charge in [0.15, 0.2) is 0 Å². The Balaban J connectivity index is 2.40. The molecule has 1 rings (SSSR count). The monoisotopic (exact) mass is 236 g/mol. The van der Waals surface area contributed by atoms with Crippen LogP contribution in [0.3, 0.4) is 0 Å². The molecule has 0 aliphatic rings. The zero-order chi connectivity index (χ0) is 12.7. The molecule has 0 aliphatic carbocycles. The number of hydrogen-bond donors (Lipinski definition) is 2. The fourth-order valence-electron chi connectivity index (χ4n) is 1.43. The van der Waals surface area contributed by atoms with E-state index in [1.54, 1.807) is 6.20 Å². The molecule has 4 heteroatoms. The van der Waals surface area contributed by atoms with Gasteiger partial charge in [-0.3, -0.25) is 9.78 Å². The molecule has 2 N–H and O–H groups in total. The molecular formula is C13H20N2O2. The zero-order valence-corrected chi connectivity index (χ0v) is 10.4. The molecule has 0 aliphatic heterocycles. The van der Waals surface area contributed by atoms with Gasteiger partial charge in [-0.25, -0.2) is 0 Å². The highest BCUT2D eigenvalue weighted by Crippen LogP contribution is 2.08. The number of hydrogen-bond acceptors (Lipinski definition) is 3. The van der Waals surface area contributed by atoms with E-state index < -0.39 is 5.54 Å². The van der Waals surface area contributed by atoms with Crippen LogP contribution in [-0.4, -0.2) is 28.1 Å². The summed E-state index contributed by atoms with van der Waals surface area (Å²) in [6.07, 6.45) is 3.44. The second-order valence-corrected chi connectivity index (χ2v) is 4.44. The van der Waals surface area contributed by atoms with E-state index >= 15 is 0 Å². The second-order valence-electron chi connectivity index (χ2n) is 4.44. The number of amides is 1. The number of aromatic nitrogens is 1. The molecule has 1 aromatic heterocycles. The fourth-order valence-corrected chi connectivity index (χ4v) is 1.43. The zero-order valence-electron chi connectivity index (χ0n) is 10.4. The lowest BCUT2D eigenvalue weighted by Gasteiger charge is -2.27. The number of aliphatic hydroxyl groups excluding tert-OH is 1. The van der Waals surface area contributed by atoms with Crippen LogP contribution in [0, 0.1) is 0 Å². The number of aryl methyl sites for hydroxylation is 1. The van der Waals surface area contributed by atoms with Crippen LogP contribution in [0.5, 0.6) is 0 Å². The number of rotatable bonds is 6. The summed E-state index contributed by atoms with van der Waals surface area (Å²) in [5.41, 5.74) is 0.395. The van der Waals surface area contributed by atoms with Gasteiger partial charge >= 0.3 is 0 Å². The Morgan fingerprint density at radius 2 is 2.29 bits per heavy atom. The van der Waals surface area contributed by atoms with Gasteiger partial charge in [0.2, 0.25) is 5.91 Å². The Labute approximate surface area is 102 Å². The summed E-state index contributed by atoms with van der Waals surface area (Å²) in [7, 11) is 0. The van der Waals surface area contributed by atoms with Crippen molar-refractivity contribution in [2.24, 2.45) is 0 Å². The first-order valence-electron chi connectivity index (χ1n) is 5.91. The molecule has 4 nitrogen and oxygen atoms in total. The van der Waals surface area contributed by atoms with E-state index in [1.165, 1.54) is 0 Å². The maximum atomic E-state index is 11.7. The van der Waals surface area contributed by atoms with E-state index in [-0.39, 0.29) is 12.5 Å². The molecule has 0 saturated carbocycles. The van der Waals surface area contributed by atoms with Gasteiger partial charge in [0.1, 0.15) is 0 Å². The van der Waals surface area contributed by atoms with E-state index in [0.29, 0.717) is 19.3 Å². The van der Waals surface area contributed by atoms with Crippen LogP contribution in [0.2, 0.25) is 0 Å². The standard InChI is InChI=1S/C13H20N2O2/c1-3-13(2,10-16)15-12(17)8-7-11-6-4-5-9-14-11/h4-6,9,16H,3,7-8,10H2,1-2H3,(H,15,17). The summed E-state index contributed by atoms with van der Waals surface area (Å²) in [5, 5.41) is 12.0. The highest BCUT2D eigenvalue weighted by Gasteiger charge is 2.22. The molecule has 1 amide bonds. The molecular weight excluding hydrogens is 216 g/mol. The van der Waals surface area contributed by atoms with Gasteiger partial charge in [0.25, 0.3) is 0 Å². The van der Waals surface area contributed by atoms with Crippen molar-refractivity contribution in [3.63, 3.8) is 0 Å². The Kier molecular flexibility index (Phi) is 5.10.